The number of imide groups is 1. The normalized spacial score (nSPS) is 17.2. The first kappa shape index (κ1) is 36.9. The summed E-state index contributed by atoms with van der Waals surface area (Å²) in [6.07, 6.45) is 4.53. The molecule has 252 valence electrons. The lowest BCUT2D eigenvalue weighted by Gasteiger charge is -2.30. The number of anilines is 1. The number of rotatable bonds is 14. The lowest BCUT2D eigenvalue weighted by atomic mass is 9.81. The van der Waals surface area contributed by atoms with E-state index >= 15 is 0 Å². The second kappa shape index (κ2) is 17.4. The topological polar surface area (TPSA) is 162 Å². The van der Waals surface area contributed by atoms with Crippen LogP contribution in [0.1, 0.15) is 65.6 Å². The van der Waals surface area contributed by atoms with Crippen molar-refractivity contribution >= 4 is 64.9 Å². The van der Waals surface area contributed by atoms with Crippen molar-refractivity contribution in [2.45, 2.75) is 83.7 Å². The predicted molar refractivity (Wildman–Crippen MR) is 183 cm³/mol. The number of likely N-dealkylation sites (N-methyl/N-ethyl adjacent to an activating group) is 1. The minimum atomic E-state index is -0.205. The van der Waals surface area contributed by atoms with Gasteiger partial charge in [-0.1, -0.05) is 25.1 Å². The third-order valence-corrected chi connectivity index (χ3v) is 8.49. The van der Waals surface area contributed by atoms with Gasteiger partial charge in [0.15, 0.2) is 5.82 Å². The number of amides is 3. The summed E-state index contributed by atoms with van der Waals surface area (Å²) in [5.41, 5.74) is 8.75. The summed E-state index contributed by atoms with van der Waals surface area (Å²) in [6, 6.07) is 8.04. The number of ether oxygens (including phenoxy) is 1. The Bertz CT molecular complexity index is 1480. The molecule has 12 nitrogen and oxygen atoms in total. The predicted octanol–water partition coefficient (Wildman–Crippen LogP) is 3.50. The number of hydrogen-bond acceptors (Lipinski definition) is 10. The van der Waals surface area contributed by atoms with Crippen molar-refractivity contribution in [1.82, 2.24) is 30.1 Å². The molecule has 4 rings (SSSR count). The minimum Gasteiger partial charge on any atom is -0.382 e. The summed E-state index contributed by atoms with van der Waals surface area (Å²) >= 11 is 4.17. The van der Waals surface area contributed by atoms with Gasteiger partial charge in [0.05, 0.1) is 17.6 Å². The Kier molecular flexibility index (Phi) is 14.0. The largest absolute Gasteiger partial charge is 0.382 e. The molecule has 4 N–H and O–H groups in total. The molecular formula is C33H49N7O5S. The molecule has 3 aromatic rings. The van der Waals surface area contributed by atoms with E-state index in [9.17, 15) is 19.2 Å². The van der Waals surface area contributed by atoms with Gasteiger partial charge >= 0.3 is 0 Å². The van der Waals surface area contributed by atoms with E-state index in [0.717, 1.165) is 60.0 Å². The number of aldehydes is 1. The molecule has 13 heteroatoms. The third kappa shape index (κ3) is 9.97. The maximum Gasteiger partial charge on any atom is 0.230 e. The number of nitrogens with zero attached hydrogens (tertiary/aromatic N) is 4. The van der Waals surface area contributed by atoms with Crippen LogP contribution in [-0.4, -0.2) is 81.5 Å². The zero-order valence-electron chi connectivity index (χ0n) is 27.6. The number of imidazole rings is 1. The SMILES string of the molecule is CC(S)CC(=O)N(C=O)CC1CCC(C(=O)NCC=O)CC1.CCOCc1nc2c(N)nc3ccccc3c2n1CC(C)(C)NC. The first-order chi connectivity index (χ1) is 21.9. The Morgan fingerprint density at radius 2 is 1.89 bits per heavy atom. The molecule has 2 heterocycles. The third-order valence-electron chi connectivity index (χ3n) is 8.30. The number of nitrogen functional groups attached to an aromatic ring is 1. The van der Waals surface area contributed by atoms with Crippen LogP contribution in [0.4, 0.5) is 5.82 Å². The molecule has 1 aliphatic rings. The fraction of sp³-hybridized carbons (Fsp3) is 0.576. The van der Waals surface area contributed by atoms with Crippen molar-refractivity contribution in [3.8, 4) is 0 Å². The van der Waals surface area contributed by atoms with Gasteiger partial charge in [-0.25, -0.2) is 9.97 Å². The molecule has 3 amide bonds. The van der Waals surface area contributed by atoms with E-state index in [4.69, 9.17) is 15.5 Å². The van der Waals surface area contributed by atoms with Crippen LogP contribution in [0.15, 0.2) is 24.3 Å². The van der Waals surface area contributed by atoms with Crippen LogP contribution < -0.4 is 16.4 Å². The van der Waals surface area contributed by atoms with Gasteiger partial charge in [0.1, 0.15) is 24.2 Å². The summed E-state index contributed by atoms with van der Waals surface area (Å²) in [5, 5.41) is 6.91. The number of benzene rings is 1. The number of pyridine rings is 1. The molecule has 0 bridgehead atoms. The van der Waals surface area contributed by atoms with Gasteiger partial charge in [0.2, 0.25) is 18.2 Å². The molecule has 1 atom stereocenters. The molecular weight excluding hydrogens is 606 g/mol. The number of carbonyl (C=O) groups is 4. The Labute approximate surface area is 276 Å². The number of thiol groups is 1. The summed E-state index contributed by atoms with van der Waals surface area (Å²) < 4.78 is 7.84. The maximum atomic E-state index is 11.9. The zero-order valence-corrected chi connectivity index (χ0v) is 28.5. The highest BCUT2D eigenvalue weighted by molar-refractivity contribution is 7.80. The van der Waals surface area contributed by atoms with E-state index in [1.54, 1.807) is 0 Å². The fourth-order valence-corrected chi connectivity index (χ4v) is 5.75. The lowest BCUT2D eigenvalue weighted by Crippen LogP contribution is -2.40. The molecule has 46 heavy (non-hydrogen) atoms. The number of hydrogen-bond donors (Lipinski definition) is 4. The van der Waals surface area contributed by atoms with Gasteiger partial charge in [-0.3, -0.25) is 19.3 Å². The van der Waals surface area contributed by atoms with E-state index in [-0.39, 0.29) is 47.4 Å². The second-order valence-corrected chi connectivity index (χ2v) is 13.3. The fourth-order valence-electron chi connectivity index (χ4n) is 5.60. The molecule has 2 aromatic heterocycles. The summed E-state index contributed by atoms with van der Waals surface area (Å²) in [5.74, 6) is 1.21. The monoisotopic (exact) mass is 655 g/mol. The van der Waals surface area contributed by atoms with Gasteiger partial charge < -0.3 is 30.5 Å². The average Bonchev–Trinajstić information content (AvgIpc) is 3.39. The zero-order chi connectivity index (χ0) is 33.9. The molecule has 0 spiro atoms. The lowest BCUT2D eigenvalue weighted by molar-refractivity contribution is -0.139. The quantitative estimate of drug-likeness (QED) is 0.150. The number of carbonyl (C=O) groups excluding carboxylic acids is 4. The number of fused-ring (bicyclic) bond motifs is 3. The molecule has 1 unspecified atom stereocenters. The van der Waals surface area contributed by atoms with Gasteiger partial charge in [-0.05, 0) is 65.5 Å². The number of aromatic nitrogens is 3. The summed E-state index contributed by atoms with van der Waals surface area (Å²) in [6.45, 7) is 10.4. The Morgan fingerprint density at radius 1 is 1.20 bits per heavy atom. The molecule has 1 fully saturated rings. The van der Waals surface area contributed by atoms with Crippen molar-refractivity contribution in [3.63, 3.8) is 0 Å². The van der Waals surface area contributed by atoms with E-state index in [1.165, 1.54) is 4.90 Å². The van der Waals surface area contributed by atoms with E-state index in [1.807, 2.05) is 39.1 Å². The second-order valence-electron chi connectivity index (χ2n) is 12.4. The minimum absolute atomic E-state index is 0.0497. The van der Waals surface area contributed by atoms with Gasteiger partial charge in [-0.15, -0.1) is 0 Å². The highest BCUT2D eigenvalue weighted by atomic mass is 32.1. The maximum absolute atomic E-state index is 11.9. The van der Waals surface area contributed by atoms with Crippen LogP contribution in [0.25, 0.3) is 21.9 Å². The van der Waals surface area contributed by atoms with Crippen molar-refractivity contribution in [2.24, 2.45) is 11.8 Å². The van der Waals surface area contributed by atoms with Crippen LogP contribution in [-0.2, 0) is 37.1 Å². The molecule has 1 aliphatic carbocycles. The number of nitrogens with one attached hydrogen (secondary N) is 2. The average molecular weight is 656 g/mol. The van der Waals surface area contributed by atoms with Gasteiger partial charge in [0, 0.05) is 48.2 Å². The molecule has 0 aliphatic heterocycles. The highest BCUT2D eigenvalue weighted by Gasteiger charge is 2.28. The Morgan fingerprint density at radius 3 is 2.50 bits per heavy atom. The number of para-hydroxylation sites is 1. The van der Waals surface area contributed by atoms with Crippen molar-refractivity contribution < 1.29 is 23.9 Å². The van der Waals surface area contributed by atoms with Crippen LogP contribution in [0, 0.1) is 11.8 Å². The number of nitrogens with two attached hydrogens (primary N) is 1. The van der Waals surface area contributed by atoms with Gasteiger partial charge in [-0.2, -0.15) is 12.6 Å². The van der Waals surface area contributed by atoms with E-state index in [2.05, 4.69) is 52.7 Å². The molecule has 0 radical (unpaired) electrons. The van der Waals surface area contributed by atoms with Gasteiger partial charge in [0.25, 0.3) is 0 Å². The van der Waals surface area contributed by atoms with Crippen LogP contribution in [0.5, 0.6) is 0 Å². The standard InChI is InChI=1S/C18H25N5O.C15H24N2O4S/c1-5-24-10-14-22-15-16(23(14)11-18(2,3)20-4)12-8-6-7-9-13(12)21-17(15)19;1-11(22)8-14(20)17(10-19)9-12-2-4-13(5-3-12)15(21)16-6-7-18/h6-9,20H,5,10-11H2,1-4H3,(H2,19,21);7,10-13,22H,2-6,8-9H2,1H3,(H,16,21). The Balaban J connectivity index is 0.000000252. The van der Waals surface area contributed by atoms with Crippen molar-refractivity contribution in [3.05, 3.63) is 30.1 Å². The Hall–Kier alpha value is -3.55. The smallest absolute Gasteiger partial charge is 0.230 e. The molecule has 1 aromatic carbocycles. The summed E-state index contributed by atoms with van der Waals surface area (Å²) in [4.78, 5) is 55.5. The van der Waals surface area contributed by atoms with Crippen LogP contribution in [0.2, 0.25) is 0 Å². The van der Waals surface area contributed by atoms with Crippen LogP contribution in [0.3, 0.4) is 0 Å². The first-order valence-corrected chi connectivity index (χ1v) is 16.4. The van der Waals surface area contributed by atoms with Crippen molar-refractivity contribution in [1.29, 1.82) is 0 Å². The van der Waals surface area contributed by atoms with E-state index in [0.29, 0.717) is 38.3 Å². The molecule has 1 saturated carbocycles. The van der Waals surface area contributed by atoms with Crippen LogP contribution >= 0.6 is 12.6 Å². The molecule has 0 saturated heterocycles. The van der Waals surface area contributed by atoms with Crippen molar-refractivity contribution in [2.75, 3.05) is 32.5 Å². The first-order valence-electron chi connectivity index (χ1n) is 15.9. The summed E-state index contributed by atoms with van der Waals surface area (Å²) in [7, 11) is 1.97. The van der Waals surface area contributed by atoms with E-state index < -0.39 is 0 Å². The highest BCUT2D eigenvalue weighted by Crippen LogP contribution is 2.31.